The molecule has 1 fully saturated rings. The van der Waals surface area contributed by atoms with Gasteiger partial charge in [-0.2, -0.15) is 0 Å². The van der Waals surface area contributed by atoms with Crippen molar-refractivity contribution in [3.63, 3.8) is 0 Å². The molecule has 68 valence electrons. The number of urea groups is 1. The number of amides is 3. The summed E-state index contributed by atoms with van der Waals surface area (Å²) in [5.41, 5.74) is 0. The lowest BCUT2D eigenvalue weighted by Crippen LogP contribution is -2.22. The van der Waals surface area contributed by atoms with Crippen LogP contribution in [0.5, 0.6) is 0 Å². The van der Waals surface area contributed by atoms with E-state index in [1.54, 1.807) is 12.4 Å². The fourth-order valence-corrected chi connectivity index (χ4v) is 0.688. The third-order valence-electron chi connectivity index (χ3n) is 1.23. The molecule has 1 aliphatic heterocycles. The Hall–Kier alpha value is -1.91. The zero-order valence-electron chi connectivity index (χ0n) is 6.86. The molecule has 0 spiro atoms. The molecule has 0 radical (unpaired) electrons. The molecule has 2 heterocycles. The molecule has 13 heavy (non-hydrogen) atoms. The SMILES string of the molecule is O=C1CNC(=O)N1.c1ccncc1. The van der Waals surface area contributed by atoms with Crippen LogP contribution in [0, 0.1) is 0 Å². The Labute approximate surface area is 75.2 Å². The summed E-state index contributed by atoms with van der Waals surface area (Å²) >= 11 is 0. The summed E-state index contributed by atoms with van der Waals surface area (Å²) < 4.78 is 0. The molecule has 2 N–H and O–H groups in total. The Morgan fingerprint density at radius 2 is 1.85 bits per heavy atom. The molecule has 5 heteroatoms. The van der Waals surface area contributed by atoms with E-state index in [2.05, 4.69) is 10.3 Å². The van der Waals surface area contributed by atoms with E-state index in [0.29, 0.717) is 0 Å². The maximum atomic E-state index is 10.1. The molecule has 1 saturated heterocycles. The van der Waals surface area contributed by atoms with Gasteiger partial charge in [-0.05, 0) is 12.1 Å². The van der Waals surface area contributed by atoms with E-state index in [-0.39, 0.29) is 12.5 Å². The Morgan fingerprint density at radius 3 is 2.00 bits per heavy atom. The molecule has 0 aromatic carbocycles. The lowest BCUT2D eigenvalue weighted by Gasteiger charge is -1.78. The molecule has 0 saturated carbocycles. The van der Waals surface area contributed by atoms with Crippen LogP contribution in [0.25, 0.3) is 0 Å². The lowest BCUT2D eigenvalue weighted by atomic mass is 10.5. The molecule has 2 rings (SSSR count). The van der Waals surface area contributed by atoms with Gasteiger partial charge in [0.2, 0.25) is 5.91 Å². The predicted octanol–water partition coefficient (Wildman–Crippen LogP) is -0.0926. The van der Waals surface area contributed by atoms with Gasteiger partial charge in [-0.25, -0.2) is 4.79 Å². The van der Waals surface area contributed by atoms with E-state index in [1.165, 1.54) is 0 Å². The number of rotatable bonds is 0. The zero-order chi connectivity index (χ0) is 9.52. The molecule has 1 aromatic heterocycles. The summed E-state index contributed by atoms with van der Waals surface area (Å²) in [6.45, 7) is 0.124. The lowest BCUT2D eigenvalue weighted by molar-refractivity contribution is -0.117. The summed E-state index contributed by atoms with van der Waals surface area (Å²) in [6.07, 6.45) is 3.50. The highest BCUT2D eigenvalue weighted by Gasteiger charge is 2.14. The maximum Gasteiger partial charge on any atom is 0.321 e. The highest BCUT2D eigenvalue weighted by atomic mass is 16.2. The molecule has 5 nitrogen and oxygen atoms in total. The van der Waals surface area contributed by atoms with Gasteiger partial charge in [0.05, 0.1) is 6.54 Å². The van der Waals surface area contributed by atoms with Crippen molar-refractivity contribution in [2.24, 2.45) is 0 Å². The monoisotopic (exact) mass is 179 g/mol. The molecular weight excluding hydrogens is 170 g/mol. The first kappa shape index (κ1) is 9.18. The smallest absolute Gasteiger partial charge is 0.321 e. The van der Waals surface area contributed by atoms with Gasteiger partial charge in [-0.15, -0.1) is 0 Å². The van der Waals surface area contributed by atoms with Crippen molar-refractivity contribution in [2.75, 3.05) is 6.54 Å². The van der Waals surface area contributed by atoms with Crippen molar-refractivity contribution in [1.29, 1.82) is 0 Å². The second-order valence-electron chi connectivity index (χ2n) is 2.26. The van der Waals surface area contributed by atoms with Crippen LogP contribution >= 0.6 is 0 Å². The van der Waals surface area contributed by atoms with Gasteiger partial charge in [0.1, 0.15) is 0 Å². The normalized spacial score (nSPS) is 13.8. The molecule has 0 bridgehead atoms. The largest absolute Gasteiger partial charge is 0.329 e. The number of hydrogen-bond acceptors (Lipinski definition) is 3. The van der Waals surface area contributed by atoms with Gasteiger partial charge in [0.15, 0.2) is 0 Å². The molecule has 3 amide bonds. The Morgan fingerprint density at radius 1 is 1.15 bits per heavy atom. The standard InChI is InChI=1S/C5H5N.C3H4N2O2/c1-2-4-6-5-3-1;6-2-1-4-3(7)5-2/h1-5H;1H2,(H2,4,5,6,7). The number of aromatic nitrogens is 1. The average molecular weight is 179 g/mol. The van der Waals surface area contributed by atoms with E-state index in [1.807, 2.05) is 23.5 Å². The van der Waals surface area contributed by atoms with Crippen molar-refractivity contribution in [1.82, 2.24) is 15.6 Å². The van der Waals surface area contributed by atoms with Gasteiger partial charge in [0.25, 0.3) is 0 Å². The number of hydrogen-bond donors (Lipinski definition) is 2. The minimum absolute atomic E-state index is 0.124. The molecule has 1 aliphatic rings. The van der Waals surface area contributed by atoms with Crippen LogP contribution in [0.3, 0.4) is 0 Å². The first-order valence-corrected chi connectivity index (χ1v) is 3.72. The summed E-state index contributed by atoms with van der Waals surface area (Å²) in [7, 11) is 0. The Balaban J connectivity index is 0.000000132. The van der Waals surface area contributed by atoms with Crippen LogP contribution in [0.1, 0.15) is 0 Å². The van der Waals surface area contributed by atoms with Crippen molar-refractivity contribution in [2.45, 2.75) is 0 Å². The second kappa shape index (κ2) is 4.87. The van der Waals surface area contributed by atoms with Gasteiger partial charge in [0, 0.05) is 12.4 Å². The van der Waals surface area contributed by atoms with Gasteiger partial charge < -0.3 is 5.32 Å². The van der Waals surface area contributed by atoms with Crippen LogP contribution in [0.4, 0.5) is 4.79 Å². The molecule has 0 aliphatic carbocycles. The third kappa shape index (κ3) is 3.85. The second-order valence-corrected chi connectivity index (χ2v) is 2.26. The van der Waals surface area contributed by atoms with Crippen molar-refractivity contribution < 1.29 is 9.59 Å². The van der Waals surface area contributed by atoms with Gasteiger partial charge in [-0.3, -0.25) is 15.1 Å². The predicted molar refractivity (Wildman–Crippen MR) is 45.8 cm³/mol. The highest BCUT2D eigenvalue weighted by molar-refractivity contribution is 6.01. The molecule has 0 atom stereocenters. The first-order valence-electron chi connectivity index (χ1n) is 3.72. The topological polar surface area (TPSA) is 71.1 Å². The van der Waals surface area contributed by atoms with Crippen molar-refractivity contribution in [3.8, 4) is 0 Å². The quantitative estimate of drug-likeness (QED) is 0.546. The number of carbonyl (C=O) groups excluding carboxylic acids is 2. The van der Waals surface area contributed by atoms with Crippen LogP contribution in [0.15, 0.2) is 30.6 Å². The number of pyridine rings is 1. The van der Waals surface area contributed by atoms with Crippen LogP contribution in [0.2, 0.25) is 0 Å². The number of nitrogens with one attached hydrogen (secondary N) is 2. The fraction of sp³-hybridized carbons (Fsp3) is 0.125. The third-order valence-corrected chi connectivity index (χ3v) is 1.23. The maximum absolute atomic E-state index is 10.1. The van der Waals surface area contributed by atoms with Crippen LogP contribution < -0.4 is 10.6 Å². The minimum Gasteiger partial charge on any atom is -0.329 e. The highest BCUT2D eigenvalue weighted by Crippen LogP contribution is 1.74. The number of imide groups is 1. The van der Waals surface area contributed by atoms with Crippen molar-refractivity contribution in [3.05, 3.63) is 30.6 Å². The number of nitrogens with zero attached hydrogens (tertiary/aromatic N) is 1. The molecular formula is C8H9N3O2. The Bertz CT molecular complexity index is 246. The zero-order valence-corrected chi connectivity index (χ0v) is 6.86. The summed E-state index contributed by atoms with van der Waals surface area (Å²) in [6, 6.07) is 5.32. The van der Waals surface area contributed by atoms with Gasteiger partial charge >= 0.3 is 6.03 Å². The number of carbonyl (C=O) groups is 2. The average Bonchev–Trinajstić information content (AvgIpc) is 2.54. The summed E-state index contributed by atoms with van der Waals surface area (Å²) in [4.78, 5) is 23.9. The molecule has 0 unspecified atom stereocenters. The van der Waals surface area contributed by atoms with E-state index >= 15 is 0 Å². The van der Waals surface area contributed by atoms with Crippen LogP contribution in [-0.4, -0.2) is 23.5 Å². The van der Waals surface area contributed by atoms with Crippen molar-refractivity contribution >= 4 is 11.9 Å². The first-order chi connectivity index (χ1) is 6.29. The molecule has 1 aromatic rings. The fourth-order valence-electron chi connectivity index (χ4n) is 0.688. The van der Waals surface area contributed by atoms with E-state index < -0.39 is 6.03 Å². The Kier molecular flexibility index (Phi) is 3.44. The summed E-state index contributed by atoms with van der Waals surface area (Å²) in [5.74, 6) is -0.259. The van der Waals surface area contributed by atoms with Crippen LogP contribution in [-0.2, 0) is 4.79 Å². The van der Waals surface area contributed by atoms with E-state index in [0.717, 1.165) is 0 Å². The minimum atomic E-state index is -0.398. The van der Waals surface area contributed by atoms with E-state index in [9.17, 15) is 9.59 Å². The van der Waals surface area contributed by atoms with Gasteiger partial charge in [-0.1, -0.05) is 6.07 Å². The van der Waals surface area contributed by atoms with E-state index in [4.69, 9.17) is 0 Å². The summed E-state index contributed by atoms with van der Waals surface area (Å²) in [5, 5.41) is 4.30.